The van der Waals surface area contributed by atoms with E-state index >= 15 is 0 Å². The van der Waals surface area contributed by atoms with E-state index in [-0.39, 0.29) is 5.97 Å². The smallest absolute Gasteiger partial charge is 0.311 e. The van der Waals surface area contributed by atoms with E-state index < -0.39 is 5.41 Å². The Balaban J connectivity index is 1.59. The van der Waals surface area contributed by atoms with Crippen LogP contribution < -0.4 is 0 Å². The minimum Gasteiger partial charge on any atom is -0.466 e. The Bertz CT molecular complexity index is 832. The molecule has 30 heavy (non-hydrogen) atoms. The van der Waals surface area contributed by atoms with Crippen LogP contribution in [-0.2, 0) is 22.5 Å². The first-order chi connectivity index (χ1) is 14.4. The highest BCUT2D eigenvalue weighted by molar-refractivity contribution is 7.10. The summed E-state index contributed by atoms with van der Waals surface area (Å²) in [4.78, 5) is 16.2. The monoisotopic (exact) mass is 447 g/mol. The predicted molar refractivity (Wildman–Crippen MR) is 126 cm³/mol. The van der Waals surface area contributed by atoms with E-state index in [9.17, 15) is 4.79 Å². The SMILES string of the molecule is CCOC(=O)C(C)(C)CCCCCC(c1ccccc1Cl)N1CCc2sccc2C1. The molecule has 0 N–H and O–H groups in total. The van der Waals surface area contributed by atoms with Crippen LogP contribution >= 0.6 is 22.9 Å². The number of hydrogen-bond donors (Lipinski definition) is 0. The number of halogens is 1. The summed E-state index contributed by atoms with van der Waals surface area (Å²) >= 11 is 8.49. The van der Waals surface area contributed by atoms with Crippen LogP contribution in [0.25, 0.3) is 0 Å². The van der Waals surface area contributed by atoms with Crippen molar-refractivity contribution in [2.24, 2.45) is 5.41 Å². The maximum absolute atomic E-state index is 12.1. The fourth-order valence-corrected chi connectivity index (χ4v) is 5.48. The van der Waals surface area contributed by atoms with Gasteiger partial charge in [0.1, 0.15) is 0 Å². The highest BCUT2D eigenvalue weighted by Crippen LogP contribution is 2.36. The molecule has 3 nitrogen and oxygen atoms in total. The first-order valence-electron chi connectivity index (χ1n) is 11.1. The molecule has 0 fully saturated rings. The van der Waals surface area contributed by atoms with Gasteiger partial charge in [0.2, 0.25) is 0 Å². The highest BCUT2D eigenvalue weighted by Gasteiger charge is 2.29. The van der Waals surface area contributed by atoms with E-state index in [1.54, 1.807) is 0 Å². The lowest BCUT2D eigenvalue weighted by molar-refractivity contribution is -0.153. The van der Waals surface area contributed by atoms with Crippen molar-refractivity contribution in [3.05, 3.63) is 56.7 Å². The molecule has 0 spiro atoms. The molecule has 2 heterocycles. The maximum Gasteiger partial charge on any atom is 0.311 e. The predicted octanol–water partition coefficient (Wildman–Crippen LogP) is 7.04. The van der Waals surface area contributed by atoms with Crippen molar-refractivity contribution < 1.29 is 9.53 Å². The molecule has 0 bridgehead atoms. The second-order valence-electron chi connectivity index (χ2n) is 8.83. The third-order valence-electron chi connectivity index (χ3n) is 6.15. The molecule has 0 aliphatic carbocycles. The van der Waals surface area contributed by atoms with Crippen molar-refractivity contribution in [3.8, 4) is 0 Å². The minimum atomic E-state index is -0.402. The molecular formula is C25H34ClNO2S. The van der Waals surface area contributed by atoms with Gasteiger partial charge in [0.15, 0.2) is 0 Å². The van der Waals surface area contributed by atoms with E-state index in [0.717, 1.165) is 56.6 Å². The Kier molecular flexibility index (Phi) is 8.38. The third-order valence-corrected chi connectivity index (χ3v) is 7.52. The van der Waals surface area contributed by atoms with Crippen molar-refractivity contribution in [1.29, 1.82) is 0 Å². The Morgan fingerprint density at radius 1 is 1.23 bits per heavy atom. The second-order valence-corrected chi connectivity index (χ2v) is 10.2. The topological polar surface area (TPSA) is 29.5 Å². The molecule has 1 unspecified atom stereocenters. The number of esters is 1. The molecule has 0 radical (unpaired) electrons. The lowest BCUT2D eigenvalue weighted by Crippen LogP contribution is -2.33. The molecule has 0 saturated carbocycles. The summed E-state index contributed by atoms with van der Waals surface area (Å²) in [6, 6.07) is 10.9. The van der Waals surface area contributed by atoms with E-state index in [1.165, 1.54) is 16.0 Å². The van der Waals surface area contributed by atoms with Crippen LogP contribution in [0.4, 0.5) is 0 Å². The van der Waals surface area contributed by atoms with Crippen molar-refractivity contribution >= 4 is 28.9 Å². The average molecular weight is 448 g/mol. The first kappa shape index (κ1) is 23.3. The second kappa shape index (κ2) is 10.8. The molecule has 3 rings (SSSR count). The largest absolute Gasteiger partial charge is 0.466 e. The highest BCUT2D eigenvalue weighted by atomic mass is 35.5. The van der Waals surface area contributed by atoms with Crippen LogP contribution in [0.5, 0.6) is 0 Å². The number of carbonyl (C=O) groups is 1. The van der Waals surface area contributed by atoms with Gasteiger partial charge in [0.05, 0.1) is 12.0 Å². The van der Waals surface area contributed by atoms with Gasteiger partial charge in [-0.2, -0.15) is 0 Å². The lowest BCUT2D eigenvalue weighted by atomic mass is 9.86. The van der Waals surface area contributed by atoms with Gasteiger partial charge in [0, 0.05) is 29.0 Å². The van der Waals surface area contributed by atoms with E-state index in [2.05, 4.69) is 28.5 Å². The first-order valence-corrected chi connectivity index (χ1v) is 12.4. The van der Waals surface area contributed by atoms with Gasteiger partial charge in [-0.1, -0.05) is 49.1 Å². The maximum atomic E-state index is 12.1. The summed E-state index contributed by atoms with van der Waals surface area (Å²) in [7, 11) is 0. The summed E-state index contributed by atoms with van der Waals surface area (Å²) in [6.07, 6.45) is 6.36. The molecule has 1 aliphatic heterocycles. The summed E-state index contributed by atoms with van der Waals surface area (Å²) in [5, 5.41) is 3.08. The number of nitrogens with zero attached hydrogens (tertiary/aromatic N) is 1. The summed E-state index contributed by atoms with van der Waals surface area (Å²) in [5.41, 5.74) is 2.31. The molecule has 5 heteroatoms. The number of thiophene rings is 1. The third kappa shape index (κ3) is 5.87. The Morgan fingerprint density at radius 2 is 2.03 bits per heavy atom. The Labute approximate surface area is 190 Å². The van der Waals surface area contributed by atoms with Crippen LogP contribution in [0.2, 0.25) is 5.02 Å². The minimum absolute atomic E-state index is 0.0844. The molecule has 1 atom stereocenters. The number of unbranched alkanes of at least 4 members (excludes halogenated alkanes) is 2. The zero-order valence-corrected chi connectivity index (χ0v) is 20.0. The van der Waals surface area contributed by atoms with Crippen LogP contribution in [-0.4, -0.2) is 24.0 Å². The number of rotatable bonds is 10. The van der Waals surface area contributed by atoms with Crippen LogP contribution in [0, 0.1) is 5.41 Å². The van der Waals surface area contributed by atoms with Gasteiger partial charge >= 0.3 is 5.97 Å². The van der Waals surface area contributed by atoms with Crippen molar-refractivity contribution in [3.63, 3.8) is 0 Å². The lowest BCUT2D eigenvalue weighted by Gasteiger charge is -2.35. The molecular weight excluding hydrogens is 414 g/mol. The molecule has 164 valence electrons. The fourth-order valence-electron chi connectivity index (χ4n) is 4.33. The number of carbonyl (C=O) groups excluding carboxylic acids is 1. The van der Waals surface area contributed by atoms with Crippen LogP contribution in [0.15, 0.2) is 35.7 Å². The quantitative estimate of drug-likeness (QED) is 0.289. The van der Waals surface area contributed by atoms with Crippen LogP contribution in [0.1, 0.15) is 74.9 Å². The molecule has 0 amide bonds. The van der Waals surface area contributed by atoms with Gasteiger partial charge in [-0.3, -0.25) is 9.69 Å². The summed E-state index contributed by atoms with van der Waals surface area (Å²) in [6.45, 7) is 8.38. The van der Waals surface area contributed by atoms with E-state index in [4.69, 9.17) is 16.3 Å². The molecule has 1 aromatic carbocycles. The Morgan fingerprint density at radius 3 is 2.80 bits per heavy atom. The summed E-state index contributed by atoms with van der Waals surface area (Å²) in [5.74, 6) is -0.0844. The fraction of sp³-hybridized carbons (Fsp3) is 0.560. The van der Waals surface area contributed by atoms with Crippen molar-refractivity contribution in [2.75, 3.05) is 13.2 Å². The zero-order chi connectivity index (χ0) is 21.6. The van der Waals surface area contributed by atoms with Crippen molar-refractivity contribution in [1.82, 2.24) is 4.90 Å². The number of ether oxygens (including phenoxy) is 1. The zero-order valence-electron chi connectivity index (χ0n) is 18.5. The van der Waals surface area contributed by atoms with Gasteiger partial charge in [0.25, 0.3) is 0 Å². The number of benzene rings is 1. The molecule has 2 aromatic rings. The molecule has 1 aliphatic rings. The van der Waals surface area contributed by atoms with E-state index in [0.29, 0.717) is 12.6 Å². The normalized spacial score (nSPS) is 15.6. The standard InChI is InChI=1S/C25H34ClNO2S/c1-4-29-24(28)25(2,3)15-9-5-6-12-22(20-10-7-8-11-21(20)26)27-16-13-23-19(18-27)14-17-30-23/h7-8,10-11,14,17,22H,4-6,9,12-13,15-16,18H2,1-3H3. The van der Waals surface area contributed by atoms with Crippen molar-refractivity contribution in [2.45, 2.75) is 71.9 Å². The summed E-state index contributed by atoms with van der Waals surface area (Å²) < 4.78 is 5.21. The van der Waals surface area contributed by atoms with Gasteiger partial charge in [-0.15, -0.1) is 11.3 Å². The average Bonchev–Trinajstić information content (AvgIpc) is 3.19. The van der Waals surface area contributed by atoms with Gasteiger partial charge < -0.3 is 4.74 Å². The number of hydrogen-bond acceptors (Lipinski definition) is 4. The molecule has 1 aromatic heterocycles. The van der Waals surface area contributed by atoms with Gasteiger partial charge in [-0.25, -0.2) is 0 Å². The van der Waals surface area contributed by atoms with Crippen LogP contribution in [0.3, 0.4) is 0 Å². The van der Waals surface area contributed by atoms with Gasteiger partial charge in [-0.05, 0) is 68.7 Å². The molecule has 0 saturated heterocycles. The number of fused-ring (bicyclic) bond motifs is 1. The Hall–Kier alpha value is -1.36. The van der Waals surface area contributed by atoms with E-state index in [1.807, 2.05) is 44.2 Å².